The Morgan fingerprint density at radius 3 is 2.36 bits per heavy atom. The van der Waals surface area contributed by atoms with Crippen LogP contribution in [0.2, 0.25) is 0 Å². The number of carboxylic acid groups (broad SMARTS) is 1. The van der Waals surface area contributed by atoms with Gasteiger partial charge in [-0.3, -0.25) is 0 Å². The normalized spacial score (nSPS) is 17.8. The largest absolute Gasteiger partial charge is 0.545 e. The van der Waals surface area contributed by atoms with Crippen molar-refractivity contribution in [2.45, 2.75) is 64.2 Å². The van der Waals surface area contributed by atoms with Crippen LogP contribution < -0.4 is 5.11 Å². The van der Waals surface area contributed by atoms with Crippen LogP contribution in [0.1, 0.15) is 69.2 Å². The van der Waals surface area contributed by atoms with Crippen molar-refractivity contribution in [2.75, 3.05) is 0 Å². The summed E-state index contributed by atoms with van der Waals surface area (Å²) in [4.78, 5) is 11.5. The Labute approximate surface area is 167 Å². The number of fused-ring (bicyclic) bond motifs is 1. The number of benzene rings is 2. The Morgan fingerprint density at radius 2 is 1.71 bits per heavy atom. The first-order chi connectivity index (χ1) is 13.1. The lowest BCUT2D eigenvalue weighted by molar-refractivity contribution is -0.295. The predicted octanol–water partition coefficient (Wildman–Crippen LogP) is 4.94. The Kier molecular flexibility index (Phi) is 5.47. The van der Waals surface area contributed by atoms with E-state index in [1.54, 1.807) is 12.1 Å². The van der Waals surface area contributed by atoms with Crippen molar-refractivity contribution >= 4 is 11.5 Å². The third-order valence-corrected chi connectivity index (χ3v) is 6.05. The van der Waals surface area contributed by atoms with E-state index >= 15 is 0 Å². The lowest BCUT2D eigenvalue weighted by Gasteiger charge is -2.42. The monoisotopic (exact) mass is 379 g/mol. The molecule has 2 nitrogen and oxygen atoms in total. The van der Waals surface area contributed by atoms with Crippen LogP contribution in [0.4, 0.5) is 4.39 Å². The van der Waals surface area contributed by atoms with E-state index in [1.807, 2.05) is 0 Å². The van der Waals surface area contributed by atoms with Crippen LogP contribution >= 0.6 is 0 Å². The molecule has 2 aromatic carbocycles. The molecule has 0 unspecified atom stereocenters. The minimum atomic E-state index is -1.28. The van der Waals surface area contributed by atoms with Gasteiger partial charge >= 0.3 is 0 Å². The van der Waals surface area contributed by atoms with Gasteiger partial charge in [-0.25, -0.2) is 4.39 Å². The van der Waals surface area contributed by atoms with Crippen molar-refractivity contribution in [1.82, 2.24) is 0 Å². The van der Waals surface area contributed by atoms with Crippen LogP contribution in [0.15, 0.2) is 48.5 Å². The second kappa shape index (κ2) is 7.54. The number of aryl methyl sites for hydroxylation is 1. The maximum Gasteiger partial charge on any atom is 0.123 e. The fraction of sp³-hybridized carbons (Fsp3) is 0.400. The quantitative estimate of drug-likeness (QED) is 0.690. The third-order valence-electron chi connectivity index (χ3n) is 6.05. The van der Waals surface area contributed by atoms with Crippen LogP contribution in [0.25, 0.3) is 5.57 Å². The number of carbonyl (C=O) groups is 1. The highest BCUT2D eigenvalue weighted by atomic mass is 19.1. The summed E-state index contributed by atoms with van der Waals surface area (Å²) in [6.45, 7) is 9.19. The van der Waals surface area contributed by atoms with Gasteiger partial charge in [0.2, 0.25) is 0 Å². The zero-order valence-corrected chi connectivity index (χ0v) is 17.1. The molecule has 1 aliphatic rings. The molecule has 0 N–H and O–H groups in total. The highest BCUT2D eigenvalue weighted by molar-refractivity contribution is 6.14. The summed E-state index contributed by atoms with van der Waals surface area (Å²) in [6, 6.07) is 12.3. The van der Waals surface area contributed by atoms with Crippen LogP contribution in [0.5, 0.6) is 0 Å². The topological polar surface area (TPSA) is 40.1 Å². The number of hydrogen-bond acceptors (Lipinski definition) is 2. The average molecular weight is 379 g/mol. The molecule has 0 bridgehead atoms. The Morgan fingerprint density at radius 1 is 1.04 bits per heavy atom. The molecule has 0 spiro atoms. The Hall–Kier alpha value is -2.42. The van der Waals surface area contributed by atoms with Gasteiger partial charge in [-0.15, -0.1) is 0 Å². The molecular weight excluding hydrogens is 351 g/mol. The second-order valence-corrected chi connectivity index (χ2v) is 9.10. The minimum absolute atomic E-state index is 0.0407. The molecule has 2 aromatic rings. The summed E-state index contributed by atoms with van der Waals surface area (Å²) in [5.41, 5.74) is 4.72. The van der Waals surface area contributed by atoms with Crippen molar-refractivity contribution in [2.24, 2.45) is 0 Å². The summed E-state index contributed by atoms with van der Waals surface area (Å²) in [5.74, 6) is -1.73. The number of hydrogen-bond donors (Lipinski definition) is 0. The lowest BCUT2D eigenvalue weighted by atomic mass is 9.63. The third kappa shape index (κ3) is 4.19. The van der Waals surface area contributed by atoms with Gasteiger partial charge in [0.15, 0.2) is 0 Å². The molecular formula is C25H28FO2-. The number of halogens is 1. The van der Waals surface area contributed by atoms with Gasteiger partial charge in [0.1, 0.15) is 5.82 Å². The molecule has 1 aliphatic carbocycles. The number of rotatable bonds is 5. The molecule has 0 fully saturated rings. The number of carbonyl (C=O) groups excluding carboxylic acids is 1. The van der Waals surface area contributed by atoms with E-state index < -0.39 is 11.8 Å². The molecule has 148 valence electrons. The van der Waals surface area contributed by atoms with Gasteiger partial charge in [-0.1, -0.05) is 64.1 Å². The maximum absolute atomic E-state index is 13.4. The first-order valence-electron chi connectivity index (χ1n) is 9.91. The van der Waals surface area contributed by atoms with Crippen molar-refractivity contribution in [3.05, 3.63) is 76.6 Å². The van der Waals surface area contributed by atoms with Crippen molar-refractivity contribution in [3.63, 3.8) is 0 Å². The Bertz CT molecular complexity index is 922. The molecule has 0 radical (unpaired) electrons. The smallest absolute Gasteiger partial charge is 0.123 e. The van der Waals surface area contributed by atoms with E-state index in [4.69, 9.17) is 0 Å². The summed E-state index contributed by atoms with van der Waals surface area (Å²) in [7, 11) is 0. The van der Waals surface area contributed by atoms with E-state index in [1.165, 1.54) is 41.3 Å². The summed E-state index contributed by atoms with van der Waals surface area (Å²) in [5, 5.41) is 11.5. The Balaban J connectivity index is 1.83. The molecule has 0 amide bonds. The minimum Gasteiger partial charge on any atom is -0.545 e. The molecule has 3 heteroatoms. The first-order valence-corrected chi connectivity index (χ1v) is 9.91. The predicted molar refractivity (Wildman–Crippen MR) is 109 cm³/mol. The standard InChI is InChI=1S/C25H29FO2/c1-24(2)13-14-25(3,4)22-15-17(11-12-21(22)24)7-5-10-20(23(27)28)18-8-6-9-19(26)16-18/h6,8-12,15-16H,5,7,13-14H2,1-4H3,(H,27,28)/p-1/b20-10+. The second-order valence-electron chi connectivity index (χ2n) is 9.10. The van der Waals surface area contributed by atoms with Crippen LogP contribution in [-0.2, 0) is 22.0 Å². The summed E-state index contributed by atoms with van der Waals surface area (Å²) in [6.07, 6.45) is 5.26. The molecule has 0 aliphatic heterocycles. The highest BCUT2D eigenvalue weighted by Crippen LogP contribution is 2.45. The molecule has 0 saturated carbocycles. The zero-order chi connectivity index (χ0) is 20.5. The van der Waals surface area contributed by atoms with Gasteiger partial charge in [0.05, 0.1) is 5.97 Å². The number of allylic oxidation sites excluding steroid dienone is 1. The zero-order valence-electron chi connectivity index (χ0n) is 17.1. The van der Waals surface area contributed by atoms with Crippen molar-refractivity contribution in [1.29, 1.82) is 0 Å². The molecule has 3 rings (SSSR count). The van der Waals surface area contributed by atoms with E-state index in [9.17, 15) is 14.3 Å². The van der Waals surface area contributed by atoms with Gasteiger partial charge < -0.3 is 9.90 Å². The van der Waals surface area contributed by atoms with Gasteiger partial charge in [0, 0.05) is 5.57 Å². The van der Waals surface area contributed by atoms with Crippen LogP contribution in [0, 0.1) is 5.82 Å². The number of aliphatic carboxylic acids is 1. The summed E-state index contributed by atoms with van der Waals surface area (Å²) < 4.78 is 13.4. The fourth-order valence-electron chi connectivity index (χ4n) is 4.15. The lowest BCUT2D eigenvalue weighted by Crippen LogP contribution is -2.33. The SMILES string of the molecule is CC1(C)CCC(C)(C)c2cc(CC/C=C(/C(=O)[O-])c3cccc(F)c3)ccc21. The average Bonchev–Trinajstić information content (AvgIpc) is 2.62. The van der Waals surface area contributed by atoms with E-state index in [0.717, 1.165) is 12.8 Å². The molecule has 28 heavy (non-hydrogen) atoms. The first kappa shape index (κ1) is 20.3. The van der Waals surface area contributed by atoms with E-state index in [0.29, 0.717) is 12.0 Å². The van der Waals surface area contributed by atoms with Crippen LogP contribution in [0.3, 0.4) is 0 Å². The fourth-order valence-corrected chi connectivity index (χ4v) is 4.15. The van der Waals surface area contributed by atoms with Crippen molar-refractivity contribution in [3.8, 4) is 0 Å². The number of carboxylic acids is 1. The van der Waals surface area contributed by atoms with Gasteiger partial charge in [-0.2, -0.15) is 0 Å². The van der Waals surface area contributed by atoms with E-state index in [2.05, 4.69) is 45.9 Å². The summed E-state index contributed by atoms with van der Waals surface area (Å²) >= 11 is 0. The van der Waals surface area contributed by atoms with Gasteiger partial charge in [0.25, 0.3) is 0 Å². The highest BCUT2D eigenvalue weighted by Gasteiger charge is 2.36. The van der Waals surface area contributed by atoms with Crippen molar-refractivity contribution < 1.29 is 14.3 Å². The molecule has 0 atom stereocenters. The van der Waals surface area contributed by atoms with Gasteiger partial charge in [-0.05, 0) is 70.9 Å². The van der Waals surface area contributed by atoms with E-state index in [-0.39, 0.29) is 16.4 Å². The maximum atomic E-state index is 13.4. The molecule has 0 saturated heterocycles. The molecule has 0 heterocycles. The molecule has 0 aromatic heterocycles. The van der Waals surface area contributed by atoms with Crippen LogP contribution in [-0.4, -0.2) is 5.97 Å².